The van der Waals surface area contributed by atoms with Crippen LogP contribution < -0.4 is 15.4 Å². The number of methoxy groups -OCH3 is 2. The molecule has 5 rings (SSSR count). The Hall–Kier alpha value is -2.89. The molecular weight excluding hydrogens is 552 g/mol. The second-order valence-corrected chi connectivity index (χ2v) is 12.8. The predicted octanol–water partition coefficient (Wildman–Crippen LogP) is 4.45. The molecule has 42 heavy (non-hydrogen) atoms. The first-order valence-corrected chi connectivity index (χ1v) is 15.6. The molecule has 0 bridgehead atoms. The number of thiazole rings is 1. The molecule has 3 atom stereocenters. The fourth-order valence-corrected chi connectivity index (χ4v) is 6.56. The molecule has 3 heterocycles. The van der Waals surface area contributed by atoms with Gasteiger partial charge in [-0.05, 0) is 61.3 Å². The second kappa shape index (κ2) is 13.6. The number of benzene rings is 1. The van der Waals surface area contributed by atoms with E-state index in [2.05, 4.69) is 41.6 Å². The Labute approximate surface area is 252 Å². The van der Waals surface area contributed by atoms with Gasteiger partial charge in [0.15, 0.2) is 0 Å². The van der Waals surface area contributed by atoms with Gasteiger partial charge >= 0.3 is 0 Å². The lowest BCUT2D eigenvalue weighted by atomic mass is 9.73. The average Bonchev–Trinajstić information content (AvgIpc) is 3.50. The van der Waals surface area contributed by atoms with E-state index in [-0.39, 0.29) is 18.2 Å². The summed E-state index contributed by atoms with van der Waals surface area (Å²) in [5.41, 5.74) is 4.00. The van der Waals surface area contributed by atoms with Gasteiger partial charge in [-0.2, -0.15) is 0 Å². The molecule has 1 aromatic carbocycles. The van der Waals surface area contributed by atoms with Crippen molar-refractivity contribution in [2.45, 2.75) is 82.5 Å². The van der Waals surface area contributed by atoms with Crippen LogP contribution in [0.25, 0.3) is 10.6 Å². The predicted molar refractivity (Wildman–Crippen MR) is 162 cm³/mol. The summed E-state index contributed by atoms with van der Waals surface area (Å²) in [6, 6.07) is 9.63. The van der Waals surface area contributed by atoms with Crippen LogP contribution in [0.1, 0.15) is 62.3 Å². The van der Waals surface area contributed by atoms with E-state index in [0.29, 0.717) is 18.2 Å². The molecule has 1 fully saturated rings. The van der Waals surface area contributed by atoms with Crippen molar-refractivity contribution in [3.05, 3.63) is 64.8 Å². The minimum atomic E-state index is -1.07. The highest BCUT2D eigenvalue weighted by Crippen LogP contribution is 2.48. The largest absolute Gasteiger partial charge is 0.471 e. The third-order valence-corrected chi connectivity index (χ3v) is 9.00. The lowest BCUT2D eigenvalue weighted by molar-refractivity contribution is -0.160. The van der Waals surface area contributed by atoms with Crippen molar-refractivity contribution in [2.24, 2.45) is 5.92 Å². The first-order chi connectivity index (χ1) is 20.3. The Morgan fingerprint density at radius 1 is 1.17 bits per heavy atom. The molecule has 1 saturated carbocycles. The number of pyridine rings is 1. The first kappa shape index (κ1) is 30.6. The summed E-state index contributed by atoms with van der Waals surface area (Å²) in [5, 5.41) is 21.0. The number of carbonyl (C=O) groups is 1. The summed E-state index contributed by atoms with van der Waals surface area (Å²) in [7, 11) is 2.83. The van der Waals surface area contributed by atoms with Crippen molar-refractivity contribution in [3.8, 4) is 16.5 Å². The molecule has 2 aliphatic rings. The zero-order chi connectivity index (χ0) is 29.7. The van der Waals surface area contributed by atoms with E-state index < -0.39 is 24.3 Å². The normalized spacial score (nSPS) is 18.8. The maximum Gasteiger partial charge on any atom is 0.277 e. The average molecular weight is 595 g/mol. The molecule has 0 radical (unpaired) electrons. The van der Waals surface area contributed by atoms with Gasteiger partial charge in [-0.1, -0.05) is 32.0 Å². The highest BCUT2D eigenvalue weighted by Gasteiger charge is 2.46. The maximum atomic E-state index is 13.0. The molecule has 10 heteroatoms. The lowest BCUT2D eigenvalue weighted by Crippen LogP contribution is -2.53. The van der Waals surface area contributed by atoms with E-state index in [0.717, 1.165) is 53.8 Å². The SMILES string of the molecule is COC(OC)C(=O)N[C@@H](Cc1cccc(-c2nccs2)c1)[C@H](O)CN[C@H]1CC2(CCC2)Oc2ncc(CC(C)C)cc21. The number of aliphatic hydroxyl groups excluding tert-OH is 1. The molecule has 9 nitrogen and oxygen atoms in total. The number of hydrogen-bond donors (Lipinski definition) is 3. The fourth-order valence-electron chi connectivity index (χ4n) is 5.92. The van der Waals surface area contributed by atoms with E-state index in [4.69, 9.17) is 19.2 Å². The topological polar surface area (TPSA) is 115 Å². The van der Waals surface area contributed by atoms with Gasteiger partial charge in [0.1, 0.15) is 10.6 Å². The van der Waals surface area contributed by atoms with Crippen molar-refractivity contribution >= 4 is 17.2 Å². The minimum absolute atomic E-state index is 0.0152. The Balaban J connectivity index is 1.34. The summed E-state index contributed by atoms with van der Waals surface area (Å²) in [6.07, 6.45) is 7.09. The van der Waals surface area contributed by atoms with Gasteiger partial charge in [-0.15, -0.1) is 11.3 Å². The van der Waals surface area contributed by atoms with Crippen LogP contribution in [0.4, 0.5) is 0 Å². The van der Waals surface area contributed by atoms with Crippen LogP contribution in [-0.4, -0.2) is 65.8 Å². The first-order valence-electron chi connectivity index (χ1n) is 14.7. The number of amides is 1. The summed E-state index contributed by atoms with van der Waals surface area (Å²) in [6.45, 7) is 4.67. The van der Waals surface area contributed by atoms with Gasteiger partial charge in [0.25, 0.3) is 5.91 Å². The summed E-state index contributed by atoms with van der Waals surface area (Å²) < 4.78 is 16.8. The number of carbonyl (C=O) groups excluding carboxylic acids is 1. The van der Waals surface area contributed by atoms with Gasteiger partial charge < -0.3 is 30.0 Å². The van der Waals surface area contributed by atoms with Crippen LogP contribution in [0.3, 0.4) is 0 Å². The third kappa shape index (κ3) is 7.18. The molecule has 226 valence electrons. The van der Waals surface area contributed by atoms with Crippen LogP contribution in [0, 0.1) is 5.92 Å². The van der Waals surface area contributed by atoms with Gasteiger partial charge in [0, 0.05) is 62.1 Å². The van der Waals surface area contributed by atoms with Crippen LogP contribution >= 0.6 is 11.3 Å². The monoisotopic (exact) mass is 594 g/mol. The van der Waals surface area contributed by atoms with Gasteiger partial charge in [0.05, 0.1) is 12.1 Å². The molecule has 3 aromatic rings. The number of nitrogens with zero attached hydrogens (tertiary/aromatic N) is 2. The van der Waals surface area contributed by atoms with Crippen molar-refractivity contribution in [3.63, 3.8) is 0 Å². The smallest absolute Gasteiger partial charge is 0.277 e. The fraction of sp³-hybridized carbons (Fsp3) is 0.531. The summed E-state index contributed by atoms with van der Waals surface area (Å²) in [5.74, 6) is 0.766. The quantitative estimate of drug-likeness (QED) is 0.249. The second-order valence-electron chi connectivity index (χ2n) is 11.9. The van der Waals surface area contributed by atoms with Crippen LogP contribution in [0.2, 0.25) is 0 Å². The van der Waals surface area contributed by atoms with E-state index in [9.17, 15) is 9.90 Å². The van der Waals surface area contributed by atoms with E-state index in [1.165, 1.54) is 19.8 Å². The van der Waals surface area contributed by atoms with Crippen molar-refractivity contribution in [1.82, 2.24) is 20.6 Å². The van der Waals surface area contributed by atoms with Gasteiger partial charge in [-0.3, -0.25) is 4.79 Å². The standard InChI is InChI=1S/C32H42N4O5S/c1-20(2)13-22-15-24-26(17-32(9-6-10-32)41-29(24)35-18-22)34-19-27(37)25(36-28(38)31(39-3)40-4)16-21-7-5-8-23(14-21)30-33-11-12-42-30/h5,7-8,11-12,14-15,18,20,25-27,31,34,37H,6,9-10,13,16-17,19H2,1-4H3,(H,36,38)/t25-,26-,27+/m0/s1. The Kier molecular flexibility index (Phi) is 9.90. The molecule has 1 aliphatic carbocycles. The zero-order valence-corrected chi connectivity index (χ0v) is 25.7. The highest BCUT2D eigenvalue weighted by atomic mass is 32.1. The highest BCUT2D eigenvalue weighted by molar-refractivity contribution is 7.13. The van der Waals surface area contributed by atoms with Crippen LogP contribution in [0.5, 0.6) is 5.88 Å². The van der Waals surface area contributed by atoms with E-state index in [1.54, 1.807) is 17.5 Å². The Morgan fingerprint density at radius 3 is 2.64 bits per heavy atom. The number of aliphatic hydroxyl groups is 1. The van der Waals surface area contributed by atoms with E-state index >= 15 is 0 Å². The summed E-state index contributed by atoms with van der Waals surface area (Å²) in [4.78, 5) is 22.1. The van der Waals surface area contributed by atoms with Crippen molar-refractivity contribution in [2.75, 3.05) is 20.8 Å². The van der Waals surface area contributed by atoms with Crippen molar-refractivity contribution in [1.29, 1.82) is 0 Å². The molecule has 1 aliphatic heterocycles. The number of ether oxygens (including phenoxy) is 3. The van der Waals surface area contributed by atoms with Gasteiger partial charge in [-0.25, -0.2) is 9.97 Å². The van der Waals surface area contributed by atoms with E-state index in [1.807, 2.05) is 29.8 Å². The molecule has 0 saturated heterocycles. The Bertz CT molecular complexity index is 1330. The number of hydrogen-bond acceptors (Lipinski definition) is 9. The van der Waals surface area contributed by atoms with Crippen molar-refractivity contribution < 1.29 is 24.1 Å². The molecule has 2 aromatic heterocycles. The third-order valence-electron chi connectivity index (χ3n) is 8.18. The van der Waals surface area contributed by atoms with Crippen LogP contribution in [-0.2, 0) is 27.1 Å². The number of fused-ring (bicyclic) bond motifs is 1. The van der Waals surface area contributed by atoms with Gasteiger partial charge in [0.2, 0.25) is 12.2 Å². The molecular formula is C32H42N4O5S. The number of aromatic nitrogens is 2. The minimum Gasteiger partial charge on any atom is -0.471 e. The number of nitrogens with one attached hydrogen (secondary N) is 2. The van der Waals surface area contributed by atoms with Crippen LogP contribution in [0.15, 0.2) is 48.1 Å². The summed E-state index contributed by atoms with van der Waals surface area (Å²) >= 11 is 1.57. The molecule has 0 unspecified atom stereocenters. The Morgan fingerprint density at radius 2 is 1.98 bits per heavy atom. The zero-order valence-electron chi connectivity index (χ0n) is 24.8. The molecule has 1 spiro atoms. The maximum absolute atomic E-state index is 13.0. The molecule has 1 amide bonds. The number of rotatable bonds is 13. The lowest BCUT2D eigenvalue weighted by Gasteiger charge is -2.47. The molecule has 3 N–H and O–H groups in total.